The van der Waals surface area contributed by atoms with Gasteiger partial charge in [0.05, 0.1) is 11.4 Å². The zero-order valence-corrected chi connectivity index (χ0v) is 16.8. The average Bonchev–Trinajstić information content (AvgIpc) is 3.37. The predicted octanol–water partition coefficient (Wildman–Crippen LogP) is 3.37. The fourth-order valence-corrected chi connectivity index (χ4v) is 4.24. The van der Waals surface area contributed by atoms with Gasteiger partial charge >= 0.3 is 6.55 Å². The van der Waals surface area contributed by atoms with Gasteiger partial charge in [-0.2, -0.15) is 13.9 Å². The van der Waals surface area contributed by atoms with E-state index in [2.05, 4.69) is 10.4 Å². The van der Waals surface area contributed by atoms with Crippen molar-refractivity contribution in [3.05, 3.63) is 65.7 Å². The molecule has 1 aromatic heterocycles. The molecule has 0 spiro atoms. The largest absolute Gasteiger partial charge is 0.333 e. The number of halogens is 2. The Bertz CT molecular complexity index is 1240. The van der Waals surface area contributed by atoms with E-state index in [9.17, 15) is 23.2 Å². The van der Waals surface area contributed by atoms with Gasteiger partial charge in [0.2, 0.25) is 11.8 Å². The molecule has 1 fully saturated rings. The van der Waals surface area contributed by atoms with Crippen LogP contribution in [0, 0.1) is 0 Å². The van der Waals surface area contributed by atoms with Crippen molar-refractivity contribution in [1.29, 1.82) is 0 Å². The first-order valence-electron chi connectivity index (χ1n) is 10.1. The molecule has 2 aliphatic heterocycles. The van der Waals surface area contributed by atoms with Crippen LogP contribution in [0.25, 0.3) is 22.5 Å². The third-order valence-electron chi connectivity index (χ3n) is 5.81. The summed E-state index contributed by atoms with van der Waals surface area (Å²) in [5.74, 6) is -1.11. The van der Waals surface area contributed by atoms with Crippen LogP contribution in [0.4, 0.5) is 8.78 Å². The Hall–Kier alpha value is -3.88. The summed E-state index contributed by atoms with van der Waals surface area (Å²) in [5.41, 5.74) is 3.00. The maximum Gasteiger partial charge on any atom is 0.333 e. The summed E-state index contributed by atoms with van der Waals surface area (Å²) >= 11 is 0. The number of fused-ring (bicyclic) bond motifs is 1. The first-order valence-corrected chi connectivity index (χ1v) is 10.1. The van der Waals surface area contributed by atoms with Gasteiger partial charge in [-0.3, -0.25) is 19.7 Å². The van der Waals surface area contributed by atoms with Gasteiger partial charge in [0.15, 0.2) is 0 Å². The van der Waals surface area contributed by atoms with Crippen LogP contribution in [0.15, 0.2) is 54.6 Å². The average molecular weight is 436 g/mol. The molecular formula is C23H18F2N4O3. The zero-order chi connectivity index (χ0) is 22.4. The number of nitrogens with one attached hydrogen (secondary N) is 1. The van der Waals surface area contributed by atoms with E-state index in [1.165, 1.54) is 4.90 Å². The number of amides is 3. The molecule has 0 bridgehead atoms. The highest BCUT2D eigenvalue weighted by Gasteiger charge is 2.39. The first-order chi connectivity index (χ1) is 15.4. The standard InChI is InChI=1S/C23H18F2N4O3/c24-23(25)29-19(13-4-2-1-3-5-13)11-17(27-29)14-6-7-16-15(10-14)12-28(22(16)32)18-8-9-20(30)26-21(18)31/h1-7,10-11,18,23H,8-9,12H2,(H,26,30,31)/t18-/m0/s1. The van der Waals surface area contributed by atoms with Crippen molar-refractivity contribution < 1.29 is 23.2 Å². The van der Waals surface area contributed by atoms with E-state index in [4.69, 9.17) is 0 Å². The SMILES string of the molecule is O=C1CC[C@H](N2Cc3cc(-c4cc(-c5ccccc5)n(C(F)F)n4)ccc3C2=O)C(=O)N1. The second-order valence-corrected chi connectivity index (χ2v) is 7.77. The summed E-state index contributed by atoms with van der Waals surface area (Å²) < 4.78 is 27.9. The molecule has 5 rings (SSSR count). The van der Waals surface area contributed by atoms with Crippen molar-refractivity contribution >= 4 is 17.7 Å². The summed E-state index contributed by atoms with van der Waals surface area (Å²) in [6.07, 6.45) is 0.450. The Balaban J connectivity index is 1.47. The molecule has 9 heteroatoms. The molecule has 7 nitrogen and oxygen atoms in total. The second-order valence-electron chi connectivity index (χ2n) is 7.77. The highest BCUT2D eigenvalue weighted by Crippen LogP contribution is 2.33. The summed E-state index contributed by atoms with van der Waals surface area (Å²) in [7, 11) is 0. The van der Waals surface area contributed by atoms with Crippen LogP contribution in [0.2, 0.25) is 0 Å². The van der Waals surface area contributed by atoms with Gasteiger partial charge in [0, 0.05) is 29.7 Å². The van der Waals surface area contributed by atoms with Crippen LogP contribution < -0.4 is 5.32 Å². The lowest BCUT2D eigenvalue weighted by Gasteiger charge is -2.29. The molecule has 3 heterocycles. The lowest BCUT2D eigenvalue weighted by Crippen LogP contribution is -2.52. The van der Waals surface area contributed by atoms with Gasteiger partial charge in [0.1, 0.15) is 6.04 Å². The van der Waals surface area contributed by atoms with Crippen molar-refractivity contribution in [2.24, 2.45) is 0 Å². The molecule has 162 valence electrons. The lowest BCUT2D eigenvalue weighted by atomic mass is 10.0. The molecular weight excluding hydrogens is 418 g/mol. The van der Waals surface area contributed by atoms with E-state index >= 15 is 0 Å². The predicted molar refractivity (Wildman–Crippen MR) is 110 cm³/mol. The molecule has 2 aliphatic rings. The molecule has 2 aromatic carbocycles. The number of aromatic nitrogens is 2. The highest BCUT2D eigenvalue weighted by atomic mass is 19.3. The highest BCUT2D eigenvalue weighted by molar-refractivity contribution is 6.05. The molecule has 1 atom stereocenters. The van der Waals surface area contributed by atoms with E-state index < -0.39 is 18.5 Å². The van der Waals surface area contributed by atoms with Gasteiger partial charge in [-0.15, -0.1) is 0 Å². The van der Waals surface area contributed by atoms with Crippen LogP contribution >= 0.6 is 0 Å². The summed E-state index contributed by atoms with van der Waals surface area (Å²) in [4.78, 5) is 37.9. The molecule has 3 amide bonds. The number of carbonyl (C=O) groups is 3. The molecule has 3 aromatic rings. The van der Waals surface area contributed by atoms with Gasteiger partial charge < -0.3 is 4.90 Å². The van der Waals surface area contributed by atoms with Crippen molar-refractivity contribution in [2.75, 3.05) is 0 Å². The smallest absolute Gasteiger partial charge is 0.322 e. The van der Waals surface area contributed by atoms with Crippen molar-refractivity contribution in [3.63, 3.8) is 0 Å². The number of piperidine rings is 1. The minimum atomic E-state index is -2.81. The van der Waals surface area contributed by atoms with Crippen LogP contribution in [-0.4, -0.2) is 38.4 Å². The number of imide groups is 1. The summed E-state index contributed by atoms with van der Waals surface area (Å²) in [6.45, 7) is -2.60. The van der Waals surface area contributed by atoms with Crippen molar-refractivity contribution in [2.45, 2.75) is 32.0 Å². The number of carbonyl (C=O) groups excluding carboxylic acids is 3. The van der Waals surface area contributed by atoms with Gasteiger partial charge in [-0.25, -0.2) is 4.68 Å². The van der Waals surface area contributed by atoms with Crippen molar-refractivity contribution in [1.82, 2.24) is 20.0 Å². The number of hydrogen-bond donors (Lipinski definition) is 1. The third kappa shape index (κ3) is 3.35. The number of nitrogens with zero attached hydrogens (tertiary/aromatic N) is 3. The Morgan fingerprint density at radius 2 is 1.78 bits per heavy atom. The molecule has 1 saturated heterocycles. The van der Waals surface area contributed by atoms with Crippen LogP contribution in [0.5, 0.6) is 0 Å². The fraction of sp³-hybridized carbons (Fsp3) is 0.217. The third-order valence-corrected chi connectivity index (χ3v) is 5.81. The summed E-state index contributed by atoms with van der Waals surface area (Å²) in [5, 5.41) is 6.37. The number of hydrogen-bond acceptors (Lipinski definition) is 4. The van der Waals surface area contributed by atoms with Gasteiger partial charge in [-0.05, 0) is 30.2 Å². The maximum atomic E-state index is 13.6. The molecule has 32 heavy (non-hydrogen) atoms. The number of alkyl halides is 2. The maximum absolute atomic E-state index is 13.6. The van der Waals surface area contributed by atoms with E-state index in [1.54, 1.807) is 54.6 Å². The van der Waals surface area contributed by atoms with Crippen molar-refractivity contribution in [3.8, 4) is 22.5 Å². The van der Waals surface area contributed by atoms with Crippen LogP contribution in [0.1, 0.15) is 35.3 Å². The van der Waals surface area contributed by atoms with E-state index in [-0.39, 0.29) is 36.9 Å². The topological polar surface area (TPSA) is 84.3 Å². The van der Waals surface area contributed by atoms with Crippen LogP contribution in [0.3, 0.4) is 0 Å². The fourth-order valence-electron chi connectivity index (χ4n) is 4.24. The number of rotatable bonds is 4. The molecule has 0 unspecified atom stereocenters. The monoisotopic (exact) mass is 436 g/mol. The molecule has 0 radical (unpaired) electrons. The Labute approximate surface area is 181 Å². The van der Waals surface area contributed by atoms with E-state index in [0.29, 0.717) is 32.6 Å². The normalized spacial score (nSPS) is 18.3. The Kier molecular flexibility index (Phi) is 4.80. The van der Waals surface area contributed by atoms with Gasteiger partial charge in [0.25, 0.3) is 5.91 Å². The molecule has 1 N–H and O–H groups in total. The molecule has 0 saturated carbocycles. The van der Waals surface area contributed by atoms with E-state index in [1.807, 2.05) is 0 Å². The quantitative estimate of drug-likeness (QED) is 0.636. The molecule has 0 aliphatic carbocycles. The Morgan fingerprint density at radius 3 is 2.50 bits per heavy atom. The minimum Gasteiger partial charge on any atom is -0.322 e. The summed E-state index contributed by atoms with van der Waals surface area (Å²) in [6, 6.07) is 14.7. The van der Waals surface area contributed by atoms with Gasteiger partial charge in [-0.1, -0.05) is 36.4 Å². The minimum absolute atomic E-state index is 0.176. The number of benzene rings is 2. The lowest BCUT2D eigenvalue weighted by molar-refractivity contribution is -0.136. The van der Waals surface area contributed by atoms with Crippen LogP contribution in [-0.2, 0) is 16.1 Å². The zero-order valence-electron chi connectivity index (χ0n) is 16.8. The van der Waals surface area contributed by atoms with E-state index in [0.717, 1.165) is 0 Å². The second kappa shape index (κ2) is 7.67. The Morgan fingerprint density at radius 1 is 1.00 bits per heavy atom. The first kappa shape index (κ1) is 20.0.